The van der Waals surface area contributed by atoms with Crippen LogP contribution >= 0.6 is 12.2 Å². The fourth-order valence-corrected chi connectivity index (χ4v) is 3.72. The van der Waals surface area contributed by atoms with E-state index in [1.165, 1.54) is 0 Å². The molecule has 7 heteroatoms. The molecule has 0 saturated carbocycles. The largest absolute Gasteiger partial charge is 0.414 e. The van der Waals surface area contributed by atoms with Crippen molar-refractivity contribution in [3.05, 3.63) is 76.5 Å². The maximum absolute atomic E-state index is 11.4. The van der Waals surface area contributed by atoms with E-state index in [-0.39, 0.29) is 5.78 Å². The van der Waals surface area contributed by atoms with E-state index in [0.29, 0.717) is 23.8 Å². The first kappa shape index (κ1) is 19.5. The molecule has 1 aliphatic heterocycles. The molecule has 0 aliphatic carbocycles. The van der Waals surface area contributed by atoms with Gasteiger partial charge in [0.05, 0.1) is 13.1 Å². The van der Waals surface area contributed by atoms with Crippen LogP contribution in [0, 0.1) is 4.84 Å². The molecule has 0 N–H and O–H groups in total. The van der Waals surface area contributed by atoms with Crippen molar-refractivity contribution >= 4 is 23.7 Å². The molecule has 1 saturated heterocycles. The quantitative estimate of drug-likeness (QED) is 0.457. The number of rotatable bonds is 6. The van der Waals surface area contributed by atoms with E-state index in [0.717, 1.165) is 43.0 Å². The summed E-state index contributed by atoms with van der Waals surface area (Å²) in [7, 11) is 0. The van der Waals surface area contributed by atoms with Crippen molar-refractivity contribution in [1.29, 1.82) is 0 Å². The summed E-state index contributed by atoms with van der Waals surface area (Å²) in [6.45, 7) is 5.89. The molecule has 4 rings (SSSR count). The Hall–Kier alpha value is -2.77. The Morgan fingerprint density at radius 1 is 1.03 bits per heavy atom. The molecule has 150 valence electrons. The van der Waals surface area contributed by atoms with Crippen LogP contribution in [-0.2, 0) is 13.1 Å². The van der Waals surface area contributed by atoms with E-state index in [9.17, 15) is 4.79 Å². The molecule has 0 bridgehead atoms. The third kappa shape index (κ3) is 4.81. The van der Waals surface area contributed by atoms with Crippen LogP contribution in [0.3, 0.4) is 0 Å². The van der Waals surface area contributed by atoms with Gasteiger partial charge in [-0.2, -0.15) is 0 Å². The zero-order chi connectivity index (χ0) is 20.2. The number of benzene rings is 2. The van der Waals surface area contributed by atoms with Gasteiger partial charge < -0.3 is 9.32 Å². The Labute approximate surface area is 175 Å². The summed E-state index contributed by atoms with van der Waals surface area (Å²) < 4.78 is 7.45. The Morgan fingerprint density at radius 2 is 1.72 bits per heavy atom. The first-order chi connectivity index (χ1) is 14.1. The topological polar surface area (TPSA) is 54.5 Å². The molecule has 0 unspecified atom stereocenters. The van der Waals surface area contributed by atoms with Crippen molar-refractivity contribution in [1.82, 2.24) is 14.7 Å². The summed E-state index contributed by atoms with van der Waals surface area (Å²) in [5, 5.41) is 4.56. The Morgan fingerprint density at radius 3 is 2.38 bits per heavy atom. The average molecular weight is 409 g/mol. The predicted octanol–water partition coefficient (Wildman–Crippen LogP) is 3.78. The minimum atomic E-state index is 0.0948. The van der Waals surface area contributed by atoms with E-state index in [1.54, 1.807) is 11.6 Å². The Kier molecular flexibility index (Phi) is 5.87. The molecule has 0 radical (unpaired) electrons. The first-order valence-electron chi connectivity index (χ1n) is 9.77. The standard InChI is InChI=1S/C22H24N4O2S/c1-17(27)19-7-9-20(10-8-19)25-13-11-24(12-14-25)16-26-22(29)28-21(23-26)15-18-5-3-2-4-6-18/h2-10H,11-16H2,1H3. The van der Waals surface area contributed by atoms with E-state index in [4.69, 9.17) is 16.6 Å². The number of carbonyl (C=O) groups is 1. The number of Topliss-reactive ketones (excluding diaryl/α,β-unsaturated/α-hetero) is 1. The molecular weight excluding hydrogens is 384 g/mol. The van der Waals surface area contributed by atoms with Gasteiger partial charge in [0.1, 0.15) is 0 Å². The highest BCUT2D eigenvalue weighted by atomic mass is 32.1. The zero-order valence-corrected chi connectivity index (χ0v) is 17.3. The Bertz CT molecular complexity index is 1020. The Balaban J connectivity index is 1.34. The van der Waals surface area contributed by atoms with E-state index >= 15 is 0 Å². The highest BCUT2D eigenvalue weighted by molar-refractivity contribution is 7.71. The number of nitrogens with zero attached hydrogens (tertiary/aromatic N) is 4. The van der Waals surface area contributed by atoms with Crippen molar-refractivity contribution in [3.8, 4) is 0 Å². The van der Waals surface area contributed by atoms with Crippen LogP contribution in [0.1, 0.15) is 28.7 Å². The van der Waals surface area contributed by atoms with Gasteiger partial charge in [-0.05, 0) is 49.0 Å². The average Bonchev–Trinajstić information content (AvgIpc) is 3.08. The van der Waals surface area contributed by atoms with Crippen molar-refractivity contribution in [2.45, 2.75) is 20.0 Å². The van der Waals surface area contributed by atoms with Crippen LogP contribution < -0.4 is 4.90 Å². The predicted molar refractivity (Wildman–Crippen MR) is 115 cm³/mol. The summed E-state index contributed by atoms with van der Waals surface area (Å²) in [4.78, 5) is 16.5. The minimum Gasteiger partial charge on any atom is -0.414 e. The van der Waals surface area contributed by atoms with Crippen molar-refractivity contribution in [3.63, 3.8) is 0 Å². The molecule has 2 heterocycles. The summed E-state index contributed by atoms with van der Waals surface area (Å²) in [5.41, 5.74) is 3.05. The van der Waals surface area contributed by atoms with Gasteiger partial charge in [-0.25, -0.2) is 4.68 Å². The van der Waals surface area contributed by atoms with Crippen molar-refractivity contribution in [2.75, 3.05) is 31.1 Å². The van der Waals surface area contributed by atoms with Crippen LogP contribution in [0.4, 0.5) is 5.69 Å². The summed E-state index contributed by atoms with van der Waals surface area (Å²) in [5.74, 6) is 0.739. The van der Waals surface area contributed by atoms with Crippen molar-refractivity contribution < 1.29 is 9.21 Å². The molecule has 0 amide bonds. The van der Waals surface area contributed by atoms with Gasteiger partial charge in [0.2, 0.25) is 5.89 Å². The fraction of sp³-hybridized carbons (Fsp3) is 0.318. The van der Waals surface area contributed by atoms with Crippen LogP contribution in [0.25, 0.3) is 0 Å². The lowest BCUT2D eigenvalue weighted by Gasteiger charge is -2.35. The molecule has 0 spiro atoms. The van der Waals surface area contributed by atoms with Gasteiger partial charge in [0, 0.05) is 37.4 Å². The molecule has 1 aliphatic rings. The lowest BCUT2D eigenvalue weighted by Crippen LogP contribution is -2.47. The van der Waals surface area contributed by atoms with Gasteiger partial charge in [-0.15, -0.1) is 5.10 Å². The summed E-state index contributed by atoms with van der Waals surface area (Å²) >= 11 is 5.36. The third-order valence-corrected chi connectivity index (χ3v) is 5.49. The normalized spacial score (nSPS) is 14.9. The molecule has 0 atom stereocenters. The van der Waals surface area contributed by atoms with E-state index < -0.39 is 0 Å². The molecule has 2 aromatic carbocycles. The molecule has 29 heavy (non-hydrogen) atoms. The van der Waals surface area contributed by atoms with Gasteiger partial charge in [0.25, 0.3) is 4.84 Å². The first-order valence-corrected chi connectivity index (χ1v) is 10.2. The number of hydrogen-bond donors (Lipinski definition) is 0. The highest BCUT2D eigenvalue weighted by Crippen LogP contribution is 2.18. The third-order valence-electron chi connectivity index (χ3n) is 5.19. The summed E-state index contributed by atoms with van der Waals surface area (Å²) in [6.07, 6.45) is 0.640. The van der Waals surface area contributed by atoms with Gasteiger partial charge in [-0.3, -0.25) is 9.69 Å². The SMILES string of the molecule is CC(=O)c1ccc(N2CCN(Cn3nc(Cc4ccccc4)oc3=S)CC2)cc1. The molecular formula is C22H24N4O2S. The zero-order valence-electron chi connectivity index (χ0n) is 16.5. The monoisotopic (exact) mass is 408 g/mol. The van der Waals surface area contributed by atoms with Crippen molar-refractivity contribution in [2.24, 2.45) is 0 Å². The molecule has 3 aromatic rings. The van der Waals surface area contributed by atoms with Gasteiger partial charge in [-0.1, -0.05) is 30.3 Å². The smallest absolute Gasteiger partial charge is 0.288 e. The van der Waals surface area contributed by atoms with Crippen LogP contribution in [-0.4, -0.2) is 46.6 Å². The van der Waals surface area contributed by atoms with Crippen LogP contribution in [0.2, 0.25) is 0 Å². The number of aromatic nitrogens is 2. The van der Waals surface area contributed by atoms with Crippen LogP contribution in [0.5, 0.6) is 0 Å². The van der Waals surface area contributed by atoms with Gasteiger partial charge >= 0.3 is 0 Å². The molecule has 1 fully saturated rings. The van der Waals surface area contributed by atoms with Crippen LogP contribution in [0.15, 0.2) is 59.0 Å². The number of anilines is 1. The molecule has 6 nitrogen and oxygen atoms in total. The van der Waals surface area contributed by atoms with E-state index in [1.807, 2.05) is 42.5 Å². The maximum Gasteiger partial charge on any atom is 0.288 e. The van der Waals surface area contributed by atoms with E-state index in [2.05, 4.69) is 27.0 Å². The second kappa shape index (κ2) is 8.71. The number of carbonyl (C=O) groups excluding carboxylic acids is 1. The number of ketones is 1. The van der Waals surface area contributed by atoms with Gasteiger partial charge in [0.15, 0.2) is 5.78 Å². The number of hydrogen-bond acceptors (Lipinski definition) is 6. The lowest BCUT2D eigenvalue weighted by molar-refractivity contribution is 0.101. The fourth-order valence-electron chi connectivity index (χ4n) is 3.52. The minimum absolute atomic E-state index is 0.0948. The molecule has 1 aromatic heterocycles. The summed E-state index contributed by atoms with van der Waals surface area (Å²) in [6, 6.07) is 18.0. The number of piperazine rings is 1. The maximum atomic E-state index is 11.4. The lowest BCUT2D eigenvalue weighted by atomic mass is 10.1. The highest BCUT2D eigenvalue weighted by Gasteiger charge is 2.19. The second-order valence-corrected chi connectivity index (χ2v) is 7.62. The second-order valence-electron chi connectivity index (χ2n) is 7.27.